The van der Waals surface area contributed by atoms with Crippen LogP contribution < -0.4 is 10.3 Å². The van der Waals surface area contributed by atoms with Gasteiger partial charge in [0.25, 0.3) is 5.56 Å². The lowest BCUT2D eigenvalue weighted by atomic mass is 9.88. The number of piperidine rings is 1. The number of halogens is 2. The van der Waals surface area contributed by atoms with Gasteiger partial charge in [0.05, 0.1) is 40.5 Å². The van der Waals surface area contributed by atoms with Crippen LogP contribution in [0.2, 0.25) is 10.0 Å². The van der Waals surface area contributed by atoms with Crippen molar-refractivity contribution in [2.75, 3.05) is 26.7 Å². The van der Waals surface area contributed by atoms with Gasteiger partial charge in [-0.1, -0.05) is 29.3 Å². The third-order valence-electron chi connectivity index (χ3n) is 6.28. The van der Waals surface area contributed by atoms with E-state index < -0.39 is 6.10 Å². The number of aliphatic hydroxyl groups excluding tert-OH is 1. The first-order chi connectivity index (χ1) is 15.4. The zero-order chi connectivity index (χ0) is 22.7. The molecule has 0 spiro atoms. The van der Waals surface area contributed by atoms with Crippen LogP contribution in [0.15, 0.2) is 47.4 Å². The minimum absolute atomic E-state index is 0.0652. The zero-order valence-corrected chi connectivity index (χ0v) is 19.5. The molecule has 170 valence electrons. The zero-order valence-electron chi connectivity index (χ0n) is 18.0. The van der Waals surface area contributed by atoms with Crippen molar-refractivity contribution in [1.29, 1.82) is 0 Å². The Labute approximate surface area is 197 Å². The molecule has 1 fully saturated rings. The predicted octanol–water partition coefficient (Wildman–Crippen LogP) is 4.03. The summed E-state index contributed by atoms with van der Waals surface area (Å²) in [5.74, 6) is 0.865. The maximum atomic E-state index is 12.5. The van der Waals surface area contributed by atoms with Crippen molar-refractivity contribution in [3.8, 4) is 5.75 Å². The Morgan fingerprint density at radius 3 is 2.75 bits per heavy atom. The number of hydrogen-bond acceptors (Lipinski definition) is 5. The number of nitrogens with zero attached hydrogens (tertiary/aromatic N) is 3. The third-order valence-corrected chi connectivity index (χ3v) is 7.02. The highest BCUT2D eigenvalue weighted by molar-refractivity contribution is 6.42. The smallest absolute Gasteiger partial charge is 0.251 e. The van der Waals surface area contributed by atoms with E-state index in [1.54, 1.807) is 30.0 Å². The van der Waals surface area contributed by atoms with Gasteiger partial charge < -0.3 is 14.4 Å². The fourth-order valence-corrected chi connectivity index (χ4v) is 4.69. The Balaban J connectivity index is 1.35. The summed E-state index contributed by atoms with van der Waals surface area (Å²) in [5.41, 5.74) is 2.58. The molecule has 1 aliphatic rings. The SMILES string of the molecule is COc1cnc2ccc(=O)n(CCN3CC[C@@H](CCc4ccc(Cl)c(Cl)c4)[C@@H](O)C3)c2c1. The van der Waals surface area contributed by atoms with E-state index in [1.165, 1.54) is 0 Å². The van der Waals surface area contributed by atoms with Crippen LogP contribution in [-0.2, 0) is 13.0 Å². The number of ether oxygens (including phenoxy) is 1. The predicted molar refractivity (Wildman–Crippen MR) is 128 cm³/mol. The summed E-state index contributed by atoms with van der Waals surface area (Å²) >= 11 is 12.1. The van der Waals surface area contributed by atoms with Crippen LogP contribution in [0.25, 0.3) is 11.0 Å². The number of aryl methyl sites for hydroxylation is 1. The number of benzene rings is 1. The first-order valence-electron chi connectivity index (χ1n) is 10.8. The maximum Gasteiger partial charge on any atom is 0.251 e. The number of aliphatic hydroxyl groups is 1. The van der Waals surface area contributed by atoms with Crippen LogP contribution in [0.3, 0.4) is 0 Å². The standard InChI is InChI=1S/C24H27Cl2N3O3/c1-32-18-13-22-21(27-14-18)6-7-24(31)29(22)11-10-28-9-8-17(23(30)15-28)4-2-16-3-5-19(25)20(26)12-16/h3,5-7,12-14,17,23,30H,2,4,8-11,15H2,1H3/t17-,23+/m1/s1. The molecule has 0 bridgehead atoms. The number of rotatable bonds is 7. The molecule has 6 nitrogen and oxygen atoms in total. The molecule has 32 heavy (non-hydrogen) atoms. The highest BCUT2D eigenvalue weighted by Crippen LogP contribution is 2.27. The second-order valence-electron chi connectivity index (χ2n) is 8.31. The van der Waals surface area contributed by atoms with Crippen molar-refractivity contribution in [3.05, 3.63) is 68.6 Å². The molecule has 0 radical (unpaired) electrons. The first-order valence-corrected chi connectivity index (χ1v) is 11.6. The Morgan fingerprint density at radius 1 is 1.16 bits per heavy atom. The summed E-state index contributed by atoms with van der Waals surface area (Å²) in [6.45, 7) is 2.72. The van der Waals surface area contributed by atoms with Gasteiger partial charge in [0.15, 0.2) is 0 Å². The number of pyridine rings is 2. The van der Waals surface area contributed by atoms with E-state index in [1.807, 2.05) is 24.3 Å². The fraction of sp³-hybridized carbons (Fsp3) is 0.417. The molecule has 0 amide bonds. The Bertz CT molecular complexity index is 1150. The average molecular weight is 476 g/mol. The molecule has 0 saturated carbocycles. The van der Waals surface area contributed by atoms with Gasteiger partial charge >= 0.3 is 0 Å². The minimum atomic E-state index is -0.391. The normalized spacial score (nSPS) is 19.4. The van der Waals surface area contributed by atoms with E-state index in [9.17, 15) is 9.90 Å². The molecule has 3 heterocycles. The minimum Gasteiger partial charge on any atom is -0.495 e. The van der Waals surface area contributed by atoms with Crippen molar-refractivity contribution in [1.82, 2.24) is 14.5 Å². The van der Waals surface area contributed by atoms with Gasteiger partial charge in [-0.3, -0.25) is 14.7 Å². The second kappa shape index (κ2) is 10.2. The highest BCUT2D eigenvalue weighted by atomic mass is 35.5. The number of fused-ring (bicyclic) bond motifs is 1. The van der Waals surface area contributed by atoms with Crippen LogP contribution in [0.4, 0.5) is 0 Å². The van der Waals surface area contributed by atoms with Crippen LogP contribution >= 0.6 is 23.2 Å². The molecular weight excluding hydrogens is 449 g/mol. The molecule has 1 aliphatic heterocycles. The Morgan fingerprint density at radius 2 is 2.00 bits per heavy atom. The van der Waals surface area contributed by atoms with Gasteiger partial charge in [-0.05, 0) is 55.5 Å². The highest BCUT2D eigenvalue weighted by Gasteiger charge is 2.27. The number of β-amino-alcohol motifs (C(OH)–C–C–N with tert-alkyl or cyclic N) is 1. The van der Waals surface area contributed by atoms with Gasteiger partial charge in [-0.25, -0.2) is 0 Å². The number of methoxy groups -OCH3 is 1. The Hall–Kier alpha value is -2.12. The maximum absolute atomic E-state index is 12.5. The largest absolute Gasteiger partial charge is 0.495 e. The van der Waals surface area contributed by atoms with Gasteiger partial charge in [0.1, 0.15) is 5.75 Å². The summed E-state index contributed by atoms with van der Waals surface area (Å²) in [5, 5.41) is 11.8. The molecule has 1 N–H and O–H groups in total. The average Bonchev–Trinajstić information content (AvgIpc) is 2.79. The lowest BCUT2D eigenvalue weighted by molar-refractivity contribution is 0.0175. The quantitative estimate of drug-likeness (QED) is 0.558. The van der Waals surface area contributed by atoms with Gasteiger partial charge in [0, 0.05) is 31.8 Å². The number of aromatic nitrogens is 2. The monoisotopic (exact) mass is 475 g/mol. The van der Waals surface area contributed by atoms with Crippen molar-refractivity contribution in [2.24, 2.45) is 5.92 Å². The van der Waals surface area contributed by atoms with E-state index in [0.717, 1.165) is 42.4 Å². The number of hydrogen-bond donors (Lipinski definition) is 1. The van der Waals surface area contributed by atoms with E-state index in [-0.39, 0.29) is 11.5 Å². The lowest BCUT2D eigenvalue weighted by Gasteiger charge is -2.36. The van der Waals surface area contributed by atoms with Crippen LogP contribution in [-0.4, -0.2) is 52.4 Å². The van der Waals surface area contributed by atoms with E-state index >= 15 is 0 Å². The first kappa shape index (κ1) is 23.1. The molecule has 1 saturated heterocycles. The van der Waals surface area contributed by atoms with E-state index in [0.29, 0.717) is 35.4 Å². The molecule has 0 aliphatic carbocycles. The van der Waals surface area contributed by atoms with Crippen molar-refractivity contribution >= 4 is 34.2 Å². The van der Waals surface area contributed by atoms with Gasteiger partial charge in [-0.2, -0.15) is 0 Å². The fourth-order valence-electron chi connectivity index (χ4n) is 4.37. The third kappa shape index (κ3) is 5.26. The molecule has 2 aromatic heterocycles. The second-order valence-corrected chi connectivity index (χ2v) is 9.12. The van der Waals surface area contributed by atoms with Crippen molar-refractivity contribution < 1.29 is 9.84 Å². The summed E-state index contributed by atoms with van der Waals surface area (Å²) in [7, 11) is 1.58. The van der Waals surface area contributed by atoms with Crippen LogP contribution in [0.5, 0.6) is 5.75 Å². The van der Waals surface area contributed by atoms with E-state index in [4.69, 9.17) is 27.9 Å². The number of likely N-dealkylation sites (tertiary alicyclic amines) is 1. The molecule has 8 heteroatoms. The van der Waals surface area contributed by atoms with Crippen molar-refractivity contribution in [2.45, 2.75) is 31.9 Å². The van der Waals surface area contributed by atoms with Crippen molar-refractivity contribution in [3.63, 3.8) is 0 Å². The topological polar surface area (TPSA) is 67.6 Å². The molecule has 2 atom stereocenters. The Kier molecular flexibility index (Phi) is 7.36. The summed E-state index contributed by atoms with van der Waals surface area (Å²) in [4.78, 5) is 19.1. The van der Waals surface area contributed by atoms with Crippen LogP contribution in [0, 0.1) is 5.92 Å². The summed E-state index contributed by atoms with van der Waals surface area (Å²) in [6, 6.07) is 10.8. The van der Waals surface area contributed by atoms with Crippen LogP contribution in [0.1, 0.15) is 18.4 Å². The molecule has 3 aromatic rings. The lowest BCUT2D eigenvalue weighted by Crippen LogP contribution is -2.45. The molecule has 0 unspecified atom stereocenters. The molecule has 4 rings (SSSR count). The van der Waals surface area contributed by atoms with Gasteiger partial charge in [-0.15, -0.1) is 0 Å². The van der Waals surface area contributed by atoms with Gasteiger partial charge in [0.2, 0.25) is 0 Å². The molecular formula is C24H27Cl2N3O3. The van der Waals surface area contributed by atoms with E-state index in [2.05, 4.69) is 9.88 Å². The summed E-state index contributed by atoms with van der Waals surface area (Å²) in [6.07, 6.45) is 3.94. The molecule has 1 aromatic carbocycles. The summed E-state index contributed by atoms with van der Waals surface area (Å²) < 4.78 is 7.00.